The van der Waals surface area contributed by atoms with Crippen molar-refractivity contribution in [2.75, 3.05) is 0 Å². The topological polar surface area (TPSA) is 102 Å². The van der Waals surface area contributed by atoms with E-state index in [0.29, 0.717) is 73.4 Å². The molecular formula is C113H114N6O2Pt2-2. The van der Waals surface area contributed by atoms with Crippen LogP contribution in [0.3, 0.4) is 0 Å². The summed E-state index contributed by atoms with van der Waals surface area (Å²) in [5, 5.41) is 24.6. The quantitative estimate of drug-likeness (QED) is 0.0935. The van der Waals surface area contributed by atoms with Crippen LogP contribution in [0.15, 0.2) is 267 Å². The van der Waals surface area contributed by atoms with Gasteiger partial charge >= 0.3 is 0 Å². The van der Waals surface area contributed by atoms with Crippen molar-refractivity contribution in [3.8, 4) is 135 Å². The normalized spacial score (nSPS) is 13.9. The Bertz CT molecular complexity index is 7300. The standard InChI is InChI=1S/C57H58N3O.C56H56N3O.2Pt/c1-12-57(10,11)43-25-26-50(46(35-43)39-17-14-13-15-18-39)60-51-20-16-19-45(52(51)59-54(60)47-29-37(3)30-48(53(47)61)56(7,8)9)41-31-42(33-44(32-41)55(4,5)6)49-34-40(27-28-58-49)38-23-21-36(2)22-24-38;1-35(2)27-38-21-24-50(46(30-38)40-15-12-11-13-16-40)59-51-18-14-17-45(52(51)58-54(59)47-28-37(4)29-48(53(47)60)56(8,9)10)42-31-43(33-44(32-42)55(5,6)7)49-34-41(25-26-57-49)39-22-19-36(3)20-23-39;;/h13-30,32-35,61H,12H2,1-11H3;11-26,28-30,32-35,60H,27H2,1-10H3;;/q2*-1;;/i2D3,21D,22D,23D,24D;3D3,19D,20D,22D,23D;;. The van der Waals surface area contributed by atoms with Crippen molar-refractivity contribution in [3.05, 3.63) is 335 Å². The molecule has 0 aliphatic carbocycles. The van der Waals surface area contributed by atoms with E-state index in [9.17, 15) is 10.2 Å². The molecule has 16 aromatic rings. The van der Waals surface area contributed by atoms with Gasteiger partial charge in [0.25, 0.3) is 0 Å². The SMILES string of the molecule is [2H]c1c([2H])c(C([2H])([2H])[2H])c([2H])c([2H])c1-c1ccnc(-c2[c-]c(-c3cccc4c3nc(-c3cc(C)cc(C(C)(C)C)c3O)n4-c3ccc(C(C)(C)CC)cc3-c3ccccc3)cc(C(C)(C)C)c2)c1.[2H]c1c([2H])c(C([2H])([2H])[2H])c([2H])c([2H])c1-c1ccnc(-c2[c-]c(-c3cccc4c3nc(-c3cc(C)cc(C(C)(C)C)c3O)n4-c3ccc(CC(C)C)cc3-c3ccccc3)cc(C(C)(C)C)c2)c1.[Pt].[Pt]. The van der Waals surface area contributed by atoms with E-state index in [0.717, 1.165) is 113 Å². The fraction of sp³-hybridized carbons (Fsp3) is 0.257. The Kier molecular flexibility index (Phi) is 20.9. The molecule has 8 nitrogen and oxygen atoms in total. The maximum absolute atomic E-state index is 12.3. The van der Waals surface area contributed by atoms with Gasteiger partial charge in [-0.2, -0.15) is 0 Å². The molecule has 0 atom stereocenters. The molecule has 123 heavy (non-hydrogen) atoms. The molecule has 16 rings (SSSR count). The van der Waals surface area contributed by atoms with Crippen LogP contribution in [-0.2, 0) is 75.6 Å². The minimum atomic E-state index is -2.82. The zero-order chi connectivity index (χ0) is 97.9. The molecule has 0 unspecified atom stereocenters. The van der Waals surface area contributed by atoms with E-state index in [-0.39, 0.29) is 91.8 Å². The summed E-state index contributed by atoms with van der Waals surface area (Å²) in [7, 11) is 0. The summed E-state index contributed by atoms with van der Waals surface area (Å²) in [6, 6.07) is 72.6. The summed E-state index contributed by atoms with van der Waals surface area (Å²) in [5.74, 6) is 1.99. The van der Waals surface area contributed by atoms with Crippen molar-refractivity contribution < 1.29 is 71.5 Å². The summed E-state index contributed by atoms with van der Waals surface area (Å²) in [6.45, 7) is 35.0. The predicted molar refractivity (Wildman–Crippen MR) is 509 cm³/mol. The Morgan fingerprint density at radius 1 is 0.382 bits per heavy atom. The molecule has 0 saturated heterocycles. The minimum absolute atomic E-state index is 0. The Labute approximate surface area is 778 Å². The largest absolute Gasteiger partial charge is 0.507 e. The molecule has 0 radical (unpaired) electrons. The van der Waals surface area contributed by atoms with E-state index in [1.165, 1.54) is 11.1 Å². The fourth-order valence-electron chi connectivity index (χ4n) is 15.9. The molecule has 0 spiro atoms. The van der Waals surface area contributed by atoms with Gasteiger partial charge in [-0.25, -0.2) is 9.97 Å². The number of aryl methyl sites for hydroxylation is 2. The minimum Gasteiger partial charge on any atom is -0.507 e. The van der Waals surface area contributed by atoms with Crippen molar-refractivity contribution in [2.45, 2.75) is 185 Å². The van der Waals surface area contributed by atoms with Crippen LogP contribution in [0.2, 0.25) is 0 Å². The molecule has 0 aliphatic heterocycles. The van der Waals surface area contributed by atoms with Crippen LogP contribution < -0.4 is 0 Å². The summed E-state index contributed by atoms with van der Waals surface area (Å²) in [5.41, 5.74) is 21.7. The molecule has 630 valence electrons. The number of imidazole rings is 2. The number of phenolic OH excluding ortho intramolecular Hbond substituents is 2. The first kappa shape index (κ1) is 72.3. The van der Waals surface area contributed by atoms with E-state index in [1.807, 2.05) is 86.6 Å². The molecule has 0 amide bonds. The average Bonchev–Trinajstić information content (AvgIpc) is 1.51. The van der Waals surface area contributed by atoms with Crippen molar-refractivity contribution >= 4 is 22.1 Å². The number of benzene rings is 12. The number of hydrogen-bond acceptors (Lipinski definition) is 6. The summed E-state index contributed by atoms with van der Waals surface area (Å²) >= 11 is 0. The van der Waals surface area contributed by atoms with Crippen LogP contribution in [0.25, 0.3) is 145 Å². The smallest absolute Gasteiger partial charge is 0.148 e. The van der Waals surface area contributed by atoms with Crippen LogP contribution in [0, 0.1) is 45.6 Å². The summed E-state index contributed by atoms with van der Waals surface area (Å²) in [4.78, 5) is 20.5. The molecule has 0 aliphatic rings. The van der Waals surface area contributed by atoms with Crippen LogP contribution in [-0.4, -0.2) is 39.3 Å². The number of fused-ring (bicyclic) bond motifs is 2. The number of pyridine rings is 2. The molecule has 2 N–H and O–H groups in total. The van der Waals surface area contributed by atoms with Crippen LogP contribution >= 0.6 is 0 Å². The maximum Gasteiger partial charge on any atom is 0.148 e. The van der Waals surface area contributed by atoms with Crippen LogP contribution in [0.4, 0.5) is 0 Å². The van der Waals surface area contributed by atoms with Crippen molar-refractivity contribution in [1.29, 1.82) is 0 Å². The van der Waals surface area contributed by atoms with E-state index in [2.05, 4.69) is 248 Å². The number of rotatable bonds is 16. The third-order valence-corrected chi connectivity index (χ3v) is 22.9. The molecule has 0 fully saturated rings. The van der Waals surface area contributed by atoms with Gasteiger partial charge in [-0.15, -0.1) is 58.7 Å². The Morgan fingerprint density at radius 3 is 1.18 bits per heavy atom. The zero-order valence-corrected chi connectivity index (χ0v) is 78.0. The molecule has 4 aromatic heterocycles. The number of aromatic nitrogens is 6. The first-order chi connectivity index (χ1) is 63.2. The zero-order valence-electron chi connectivity index (χ0n) is 87.5. The van der Waals surface area contributed by atoms with Crippen LogP contribution in [0.1, 0.15) is 199 Å². The van der Waals surface area contributed by atoms with Crippen molar-refractivity contribution in [2.24, 2.45) is 5.92 Å². The van der Waals surface area contributed by atoms with Gasteiger partial charge in [0.2, 0.25) is 0 Å². The second kappa shape index (κ2) is 35.6. The maximum atomic E-state index is 12.3. The molecule has 12 aromatic carbocycles. The van der Waals surface area contributed by atoms with Gasteiger partial charge in [-0.1, -0.05) is 321 Å². The molecule has 0 bridgehead atoms. The molecule has 4 heterocycles. The fourth-order valence-corrected chi connectivity index (χ4v) is 15.9. The second-order valence-corrected chi connectivity index (χ2v) is 37.2. The number of nitrogens with zero attached hydrogens (tertiary/aromatic N) is 6. The molecule has 10 heteroatoms. The van der Waals surface area contributed by atoms with Gasteiger partial charge in [-0.05, 0) is 190 Å². The summed E-state index contributed by atoms with van der Waals surface area (Å²) in [6.07, 6.45) is 4.98. The van der Waals surface area contributed by atoms with Gasteiger partial charge in [-0.3, -0.25) is 19.1 Å². The third-order valence-electron chi connectivity index (χ3n) is 22.9. The van der Waals surface area contributed by atoms with E-state index >= 15 is 0 Å². The Balaban J connectivity index is 0.000000228. The average molecular weight is 1990 g/mol. The van der Waals surface area contributed by atoms with Gasteiger partial charge < -0.3 is 10.2 Å². The second-order valence-electron chi connectivity index (χ2n) is 37.2. The third kappa shape index (κ3) is 18.9. The van der Waals surface area contributed by atoms with Gasteiger partial charge in [0.05, 0.1) is 55.5 Å². The molecular weight excluding hydrogens is 1860 g/mol. The number of hydrogen-bond donors (Lipinski definition) is 2. The first-order valence-corrected chi connectivity index (χ1v) is 41.7. The van der Waals surface area contributed by atoms with Crippen molar-refractivity contribution in [3.63, 3.8) is 0 Å². The number of para-hydroxylation sites is 2. The van der Waals surface area contributed by atoms with E-state index in [1.54, 1.807) is 36.7 Å². The Morgan fingerprint density at radius 2 is 0.789 bits per heavy atom. The number of aromatic hydroxyl groups is 2. The Hall–Kier alpha value is -11.1. The first-order valence-electron chi connectivity index (χ1n) is 48.7. The number of phenols is 2. The van der Waals surface area contributed by atoms with Crippen molar-refractivity contribution in [1.82, 2.24) is 29.1 Å². The van der Waals surface area contributed by atoms with Gasteiger partial charge in [0.15, 0.2) is 0 Å². The van der Waals surface area contributed by atoms with E-state index < -0.39 is 73.2 Å². The van der Waals surface area contributed by atoms with Gasteiger partial charge in [0.1, 0.15) is 23.1 Å². The monoisotopic (exact) mass is 1990 g/mol. The van der Waals surface area contributed by atoms with Gasteiger partial charge in [0, 0.05) is 96.4 Å². The predicted octanol–water partition coefficient (Wildman–Crippen LogP) is 29.8. The molecule has 0 saturated carbocycles. The summed E-state index contributed by atoms with van der Waals surface area (Å²) < 4.78 is 121. The van der Waals surface area contributed by atoms with E-state index in [4.69, 9.17) is 39.1 Å². The van der Waals surface area contributed by atoms with Crippen LogP contribution in [0.5, 0.6) is 11.5 Å².